The molecule has 0 bridgehead atoms. The van der Waals surface area contributed by atoms with Crippen LogP contribution in [0.15, 0.2) is 47.1 Å². The van der Waals surface area contributed by atoms with Crippen molar-refractivity contribution in [2.24, 2.45) is 0 Å². The predicted octanol–water partition coefficient (Wildman–Crippen LogP) is 2.31. The van der Waals surface area contributed by atoms with E-state index in [2.05, 4.69) is 5.32 Å². The van der Waals surface area contributed by atoms with E-state index in [-0.39, 0.29) is 5.91 Å². The summed E-state index contributed by atoms with van der Waals surface area (Å²) < 4.78 is 5.27. The Balaban J connectivity index is 2.52. The molecule has 2 rings (SSSR count). The van der Waals surface area contributed by atoms with Crippen LogP contribution in [-0.2, 0) is 0 Å². The van der Waals surface area contributed by atoms with Gasteiger partial charge in [-0.1, -0.05) is 18.2 Å². The Kier molecular flexibility index (Phi) is 2.54. The number of amides is 1. The van der Waals surface area contributed by atoms with Gasteiger partial charge in [0.2, 0.25) is 0 Å². The Bertz CT molecular complexity index is 460. The largest absolute Gasteiger partial charge is 0.464 e. The van der Waals surface area contributed by atoms with E-state index in [9.17, 15) is 4.79 Å². The molecule has 0 aliphatic carbocycles. The second-order valence-corrected chi connectivity index (χ2v) is 3.10. The fourth-order valence-electron chi connectivity index (χ4n) is 1.46. The minimum absolute atomic E-state index is 0.109. The van der Waals surface area contributed by atoms with E-state index in [1.54, 1.807) is 25.4 Å². The van der Waals surface area contributed by atoms with E-state index < -0.39 is 0 Å². The van der Waals surface area contributed by atoms with Gasteiger partial charge in [0.15, 0.2) is 0 Å². The van der Waals surface area contributed by atoms with Gasteiger partial charge in [0.25, 0.3) is 5.91 Å². The SMILES string of the molecule is CNC(=O)c1ccccc1-c1ccco1. The number of hydrogen-bond donors (Lipinski definition) is 1. The number of hydrogen-bond acceptors (Lipinski definition) is 2. The molecule has 0 radical (unpaired) electrons. The Labute approximate surface area is 87.7 Å². The van der Waals surface area contributed by atoms with Gasteiger partial charge in [-0.3, -0.25) is 4.79 Å². The lowest BCUT2D eigenvalue weighted by atomic mass is 10.0. The highest BCUT2D eigenvalue weighted by atomic mass is 16.3. The van der Waals surface area contributed by atoms with Crippen molar-refractivity contribution in [3.8, 4) is 11.3 Å². The van der Waals surface area contributed by atoms with Crippen molar-refractivity contribution in [2.75, 3.05) is 7.05 Å². The lowest BCUT2D eigenvalue weighted by Gasteiger charge is -2.05. The molecular formula is C12H11NO2. The fraction of sp³-hybridized carbons (Fsp3) is 0.0833. The number of furan rings is 1. The van der Waals surface area contributed by atoms with E-state index in [1.807, 2.05) is 24.3 Å². The third kappa shape index (κ3) is 1.76. The number of nitrogens with one attached hydrogen (secondary N) is 1. The van der Waals surface area contributed by atoms with Crippen LogP contribution in [0.3, 0.4) is 0 Å². The molecule has 0 aliphatic rings. The van der Waals surface area contributed by atoms with Crippen LogP contribution in [-0.4, -0.2) is 13.0 Å². The third-order valence-electron chi connectivity index (χ3n) is 2.19. The first kappa shape index (κ1) is 9.52. The molecule has 0 spiro atoms. The van der Waals surface area contributed by atoms with Crippen LogP contribution in [0, 0.1) is 0 Å². The zero-order valence-electron chi connectivity index (χ0n) is 8.36. The fourth-order valence-corrected chi connectivity index (χ4v) is 1.46. The molecule has 0 aliphatic heterocycles. The van der Waals surface area contributed by atoms with E-state index in [0.717, 1.165) is 5.56 Å². The minimum Gasteiger partial charge on any atom is -0.464 e. The van der Waals surface area contributed by atoms with Crippen molar-refractivity contribution < 1.29 is 9.21 Å². The van der Waals surface area contributed by atoms with Gasteiger partial charge in [-0.2, -0.15) is 0 Å². The molecule has 0 saturated carbocycles. The first-order valence-corrected chi connectivity index (χ1v) is 4.68. The summed E-state index contributed by atoms with van der Waals surface area (Å²) in [6.07, 6.45) is 1.59. The zero-order chi connectivity index (χ0) is 10.7. The van der Waals surface area contributed by atoms with Crippen molar-refractivity contribution in [2.45, 2.75) is 0 Å². The van der Waals surface area contributed by atoms with Gasteiger partial charge in [0.05, 0.1) is 11.8 Å². The highest BCUT2D eigenvalue weighted by Crippen LogP contribution is 2.23. The lowest BCUT2D eigenvalue weighted by molar-refractivity contribution is 0.0963. The van der Waals surface area contributed by atoms with Gasteiger partial charge < -0.3 is 9.73 Å². The summed E-state index contributed by atoms with van der Waals surface area (Å²) in [4.78, 5) is 11.6. The van der Waals surface area contributed by atoms with Crippen LogP contribution in [0.1, 0.15) is 10.4 Å². The van der Waals surface area contributed by atoms with Gasteiger partial charge in [0, 0.05) is 12.6 Å². The molecule has 0 saturated heterocycles. The summed E-state index contributed by atoms with van der Waals surface area (Å²) in [5, 5.41) is 2.60. The summed E-state index contributed by atoms with van der Waals surface area (Å²) in [7, 11) is 1.61. The monoisotopic (exact) mass is 201 g/mol. The average molecular weight is 201 g/mol. The summed E-state index contributed by atoms with van der Waals surface area (Å²) in [6.45, 7) is 0. The van der Waals surface area contributed by atoms with Crippen LogP contribution in [0.2, 0.25) is 0 Å². The van der Waals surface area contributed by atoms with Gasteiger partial charge in [-0.15, -0.1) is 0 Å². The second kappa shape index (κ2) is 4.00. The van der Waals surface area contributed by atoms with Crippen LogP contribution in [0.25, 0.3) is 11.3 Å². The van der Waals surface area contributed by atoms with E-state index in [0.29, 0.717) is 11.3 Å². The number of carbonyl (C=O) groups excluding carboxylic acids is 1. The Morgan fingerprint density at radius 1 is 1.20 bits per heavy atom. The molecule has 3 nitrogen and oxygen atoms in total. The molecule has 0 atom stereocenters. The van der Waals surface area contributed by atoms with Crippen LogP contribution < -0.4 is 5.32 Å². The van der Waals surface area contributed by atoms with E-state index >= 15 is 0 Å². The molecule has 3 heteroatoms. The van der Waals surface area contributed by atoms with Gasteiger partial charge >= 0.3 is 0 Å². The summed E-state index contributed by atoms with van der Waals surface area (Å²) in [5.41, 5.74) is 1.43. The van der Waals surface area contributed by atoms with Gasteiger partial charge in [-0.05, 0) is 18.2 Å². The topological polar surface area (TPSA) is 42.2 Å². The maximum Gasteiger partial charge on any atom is 0.251 e. The highest BCUT2D eigenvalue weighted by Gasteiger charge is 2.11. The summed E-state index contributed by atoms with van der Waals surface area (Å²) >= 11 is 0. The molecule has 1 N–H and O–H groups in total. The average Bonchev–Trinajstić information content (AvgIpc) is 2.81. The smallest absolute Gasteiger partial charge is 0.251 e. The molecular weight excluding hydrogens is 190 g/mol. The van der Waals surface area contributed by atoms with Gasteiger partial charge in [0.1, 0.15) is 5.76 Å². The predicted molar refractivity (Wildman–Crippen MR) is 57.5 cm³/mol. The molecule has 0 fully saturated rings. The summed E-state index contributed by atoms with van der Waals surface area (Å²) in [5.74, 6) is 0.594. The van der Waals surface area contributed by atoms with Crippen molar-refractivity contribution in [3.63, 3.8) is 0 Å². The molecule has 76 valence electrons. The van der Waals surface area contributed by atoms with Crippen LogP contribution in [0.4, 0.5) is 0 Å². The molecule has 1 heterocycles. The Hall–Kier alpha value is -2.03. The minimum atomic E-state index is -0.109. The first-order valence-electron chi connectivity index (χ1n) is 4.68. The standard InChI is InChI=1S/C12H11NO2/c1-13-12(14)10-6-3-2-5-9(10)11-7-4-8-15-11/h2-8H,1H3,(H,13,14). The maximum absolute atomic E-state index is 11.6. The molecule has 1 aromatic heterocycles. The first-order chi connectivity index (χ1) is 7.33. The van der Waals surface area contributed by atoms with Crippen molar-refractivity contribution >= 4 is 5.91 Å². The van der Waals surface area contributed by atoms with Crippen molar-refractivity contribution in [1.82, 2.24) is 5.32 Å². The van der Waals surface area contributed by atoms with Crippen molar-refractivity contribution in [3.05, 3.63) is 48.2 Å². The molecule has 0 unspecified atom stereocenters. The zero-order valence-corrected chi connectivity index (χ0v) is 8.36. The van der Waals surface area contributed by atoms with Crippen molar-refractivity contribution in [1.29, 1.82) is 0 Å². The van der Waals surface area contributed by atoms with E-state index in [4.69, 9.17) is 4.42 Å². The Morgan fingerprint density at radius 2 is 2.00 bits per heavy atom. The maximum atomic E-state index is 11.6. The Morgan fingerprint density at radius 3 is 2.67 bits per heavy atom. The summed E-state index contributed by atoms with van der Waals surface area (Å²) in [6, 6.07) is 11.0. The van der Waals surface area contributed by atoms with Gasteiger partial charge in [-0.25, -0.2) is 0 Å². The second-order valence-electron chi connectivity index (χ2n) is 3.10. The quantitative estimate of drug-likeness (QED) is 0.810. The number of benzene rings is 1. The highest BCUT2D eigenvalue weighted by molar-refractivity contribution is 6.00. The molecule has 2 aromatic rings. The number of rotatable bonds is 2. The molecule has 15 heavy (non-hydrogen) atoms. The molecule has 1 aromatic carbocycles. The normalized spacial score (nSPS) is 9.93. The molecule has 1 amide bonds. The van der Waals surface area contributed by atoms with E-state index in [1.165, 1.54) is 0 Å². The van der Waals surface area contributed by atoms with Crippen LogP contribution in [0.5, 0.6) is 0 Å². The number of carbonyl (C=O) groups is 1. The van der Waals surface area contributed by atoms with Crippen LogP contribution >= 0.6 is 0 Å². The lowest BCUT2D eigenvalue weighted by Crippen LogP contribution is -2.18. The third-order valence-corrected chi connectivity index (χ3v) is 2.19.